The number of likely N-dealkylation sites (N-methyl/N-ethyl adjacent to an activating group) is 1. The Labute approximate surface area is 172 Å². The number of hydrogen-bond donors (Lipinski definition) is 1. The molecule has 0 unspecified atom stereocenters. The quantitative estimate of drug-likeness (QED) is 0.814. The van der Waals surface area contributed by atoms with E-state index < -0.39 is 0 Å². The van der Waals surface area contributed by atoms with Crippen LogP contribution in [0.3, 0.4) is 0 Å². The third-order valence-electron chi connectivity index (χ3n) is 5.61. The van der Waals surface area contributed by atoms with Crippen LogP contribution in [0.4, 0.5) is 0 Å². The summed E-state index contributed by atoms with van der Waals surface area (Å²) in [6.45, 7) is 4.96. The molecule has 1 aromatic heterocycles. The molecule has 1 saturated heterocycles. The second kappa shape index (κ2) is 9.27. The van der Waals surface area contributed by atoms with Gasteiger partial charge in [0, 0.05) is 19.1 Å². The van der Waals surface area contributed by atoms with E-state index in [1.165, 1.54) is 0 Å². The maximum atomic E-state index is 13.1. The molecule has 1 aliphatic heterocycles. The number of amides is 2. The number of likely N-dealkylation sites (tertiary alicyclic amines) is 1. The fourth-order valence-corrected chi connectivity index (χ4v) is 3.90. The molecule has 1 N–H and O–H groups in total. The fourth-order valence-electron chi connectivity index (χ4n) is 3.90. The van der Waals surface area contributed by atoms with Crippen LogP contribution in [0.2, 0.25) is 0 Å². The molecule has 2 heterocycles. The molecular weight excluding hydrogens is 366 g/mol. The Morgan fingerprint density at radius 3 is 2.38 bits per heavy atom. The minimum absolute atomic E-state index is 0.0769. The van der Waals surface area contributed by atoms with Gasteiger partial charge in [0.2, 0.25) is 5.91 Å². The van der Waals surface area contributed by atoms with Gasteiger partial charge in [-0.15, -0.1) is 0 Å². The summed E-state index contributed by atoms with van der Waals surface area (Å²) in [5.74, 6) is 1.44. The van der Waals surface area contributed by atoms with Gasteiger partial charge in [0.15, 0.2) is 0 Å². The zero-order valence-electron chi connectivity index (χ0n) is 17.8. The van der Waals surface area contributed by atoms with E-state index in [4.69, 9.17) is 4.42 Å². The molecule has 0 aliphatic carbocycles. The number of nitrogens with zero attached hydrogens (tertiary/aromatic N) is 2. The van der Waals surface area contributed by atoms with Crippen molar-refractivity contribution < 1.29 is 14.0 Å². The topological polar surface area (TPSA) is 65.8 Å². The van der Waals surface area contributed by atoms with E-state index in [-0.39, 0.29) is 23.9 Å². The molecule has 29 heavy (non-hydrogen) atoms. The summed E-state index contributed by atoms with van der Waals surface area (Å²) < 4.78 is 5.45. The maximum Gasteiger partial charge on any atom is 0.255 e. The van der Waals surface area contributed by atoms with Crippen molar-refractivity contribution in [2.24, 2.45) is 0 Å². The van der Waals surface area contributed by atoms with Crippen molar-refractivity contribution in [3.8, 4) is 0 Å². The van der Waals surface area contributed by atoms with Gasteiger partial charge >= 0.3 is 0 Å². The van der Waals surface area contributed by atoms with E-state index in [1.54, 1.807) is 13.0 Å². The molecule has 0 saturated carbocycles. The van der Waals surface area contributed by atoms with Crippen LogP contribution in [-0.4, -0.2) is 60.9 Å². The molecule has 2 amide bonds. The van der Waals surface area contributed by atoms with Crippen LogP contribution in [0, 0.1) is 13.8 Å². The van der Waals surface area contributed by atoms with Crippen LogP contribution in [0.15, 0.2) is 40.8 Å². The van der Waals surface area contributed by atoms with Gasteiger partial charge in [-0.1, -0.05) is 30.3 Å². The Kier molecular flexibility index (Phi) is 6.75. The standard InChI is InChI=1S/C23H31N3O3/c1-16-14-20(17(2)29-16)22(27)24-19-10-12-26(13-11-19)23(28)21(25(3)4)15-18-8-6-5-7-9-18/h5-9,14,19,21H,10-13,15H2,1-4H3,(H,24,27)/t21-/m0/s1. The van der Waals surface area contributed by atoms with Crippen molar-refractivity contribution in [2.45, 2.75) is 45.2 Å². The average Bonchev–Trinajstić information content (AvgIpc) is 3.05. The first-order chi connectivity index (χ1) is 13.8. The molecule has 1 aromatic carbocycles. The maximum absolute atomic E-state index is 13.1. The zero-order chi connectivity index (χ0) is 21.0. The van der Waals surface area contributed by atoms with Crippen molar-refractivity contribution in [3.05, 3.63) is 59.0 Å². The number of aryl methyl sites for hydroxylation is 2. The summed E-state index contributed by atoms with van der Waals surface area (Å²) in [6, 6.07) is 11.8. The van der Waals surface area contributed by atoms with Gasteiger partial charge in [0.25, 0.3) is 5.91 Å². The van der Waals surface area contributed by atoms with Crippen molar-refractivity contribution in [1.29, 1.82) is 0 Å². The monoisotopic (exact) mass is 397 g/mol. The number of carbonyl (C=O) groups is 2. The van der Waals surface area contributed by atoms with Gasteiger partial charge in [0.05, 0.1) is 11.6 Å². The van der Waals surface area contributed by atoms with Crippen molar-refractivity contribution in [2.75, 3.05) is 27.2 Å². The third-order valence-corrected chi connectivity index (χ3v) is 5.61. The Balaban J connectivity index is 1.55. The van der Waals surface area contributed by atoms with Crippen LogP contribution in [0.5, 0.6) is 0 Å². The largest absolute Gasteiger partial charge is 0.466 e. The molecule has 6 heteroatoms. The van der Waals surface area contributed by atoms with E-state index in [2.05, 4.69) is 17.4 Å². The van der Waals surface area contributed by atoms with E-state index in [0.717, 1.165) is 24.2 Å². The highest BCUT2D eigenvalue weighted by Gasteiger charge is 2.30. The predicted molar refractivity (Wildman–Crippen MR) is 113 cm³/mol. The number of rotatable bonds is 6. The molecule has 156 valence electrons. The van der Waals surface area contributed by atoms with Crippen LogP contribution in [-0.2, 0) is 11.2 Å². The van der Waals surface area contributed by atoms with Gasteiger partial charge in [-0.2, -0.15) is 0 Å². The van der Waals surface area contributed by atoms with Crippen molar-refractivity contribution in [1.82, 2.24) is 15.1 Å². The number of carbonyl (C=O) groups excluding carboxylic acids is 2. The second-order valence-corrected chi connectivity index (χ2v) is 8.07. The van der Waals surface area contributed by atoms with Crippen LogP contribution >= 0.6 is 0 Å². The van der Waals surface area contributed by atoms with Crippen LogP contribution in [0.1, 0.15) is 40.3 Å². The van der Waals surface area contributed by atoms with E-state index in [9.17, 15) is 9.59 Å². The molecule has 1 fully saturated rings. The van der Waals surface area contributed by atoms with Gasteiger partial charge in [-0.3, -0.25) is 14.5 Å². The summed E-state index contributed by atoms with van der Waals surface area (Å²) in [5.41, 5.74) is 1.75. The SMILES string of the molecule is Cc1cc(C(=O)NC2CCN(C(=O)[C@H](Cc3ccccc3)N(C)C)CC2)c(C)o1. The van der Waals surface area contributed by atoms with E-state index >= 15 is 0 Å². The molecule has 3 rings (SSSR count). The van der Waals surface area contributed by atoms with Crippen LogP contribution in [0.25, 0.3) is 0 Å². The first-order valence-corrected chi connectivity index (χ1v) is 10.2. The minimum atomic E-state index is -0.180. The summed E-state index contributed by atoms with van der Waals surface area (Å²) in [7, 11) is 3.90. The second-order valence-electron chi connectivity index (χ2n) is 8.07. The number of nitrogens with one attached hydrogen (secondary N) is 1. The molecular formula is C23H31N3O3. The highest BCUT2D eigenvalue weighted by atomic mass is 16.3. The van der Waals surface area contributed by atoms with Gasteiger partial charge < -0.3 is 14.6 Å². The minimum Gasteiger partial charge on any atom is -0.466 e. The number of piperidine rings is 1. The lowest BCUT2D eigenvalue weighted by Gasteiger charge is -2.36. The summed E-state index contributed by atoms with van der Waals surface area (Å²) >= 11 is 0. The molecule has 6 nitrogen and oxygen atoms in total. The average molecular weight is 398 g/mol. The number of benzene rings is 1. The van der Waals surface area contributed by atoms with Crippen molar-refractivity contribution >= 4 is 11.8 Å². The number of furan rings is 1. The predicted octanol–water partition coefficient (Wildman–Crippen LogP) is 2.79. The fraction of sp³-hybridized carbons (Fsp3) is 0.478. The lowest BCUT2D eigenvalue weighted by Crippen LogP contribution is -2.52. The Morgan fingerprint density at radius 2 is 1.83 bits per heavy atom. The molecule has 2 aromatic rings. The molecule has 0 radical (unpaired) electrons. The highest BCUT2D eigenvalue weighted by Crippen LogP contribution is 2.18. The van der Waals surface area contributed by atoms with Crippen molar-refractivity contribution in [3.63, 3.8) is 0 Å². The Morgan fingerprint density at radius 1 is 1.17 bits per heavy atom. The highest BCUT2D eigenvalue weighted by molar-refractivity contribution is 5.95. The number of hydrogen-bond acceptors (Lipinski definition) is 4. The van der Waals surface area contributed by atoms with E-state index in [1.807, 2.05) is 49.0 Å². The normalized spacial score (nSPS) is 16.1. The molecule has 1 aliphatic rings. The molecule has 0 spiro atoms. The zero-order valence-corrected chi connectivity index (χ0v) is 17.8. The first kappa shape index (κ1) is 21.1. The summed E-state index contributed by atoms with van der Waals surface area (Å²) in [4.78, 5) is 29.6. The Bertz CT molecular complexity index is 836. The summed E-state index contributed by atoms with van der Waals surface area (Å²) in [6.07, 6.45) is 2.22. The van der Waals surface area contributed by atoms with Crippen LogP contribution < -0.4 is 5.32 Å². The first-order valence-electron chi connectivity index (χ1n) is 10.2. The summed E-state index contributed by atoms with van der Waals surface area (Å²) in [5, 5.41) is 3.09. The molecule has 1 atom stereocenters. The lowest BCUT2D eigenvalue weighted by molar-refractivity contribution is -0.137. The van der Waals surface area contributed by atoms with E-state index in [0.29, 0.717) is 30.8 Å². The molecule has 0 bridgehead atoms. The Hall–Kier alpha value is -2.60. The smallest absolute Gasteiger partial charge is 0.255 e. The van der Waals surface area contributed by atoms with Gasteiger partial charge in [0.1, 0.15) is 11.5 Å². The van der Waals surface area contributed by atoms with Gasteiger partial charge in [-0.25, -0.2) is 0 Å². The third kappa shape index (κ3) is 5.26. The van der Waals surface area contributed by atoms with Gasteiger partial charge in [-0.05, 0) is 58.8 Å². The lowest BCUT2D eigenvalue weighted by atomic mass is 10.0.